The van der Waals surface area contributed by atoms with Gasteiger partial charge in [-0.3, -0.25) is 19.7 Å². The van der Waals surface area contributed by atoms with Crippen LogP contribution in [0.25, 0.3) is 0 Å². The zero-order valence-electron chi connectivity index (χ0n) is 14.6. The van der Waals surface area contributed by atoms with Crippen LogP contribution in [0.3, 0.4) is 0 Å². The number of hydrogen-bond acceptors (Lipinski definition) is 5. The summed E-state index contributed by atoms with van der Waals surface area (Å²) in [5.74, 6) is -1.32. The Hall–Kier alpha value is -1.73. The summed E-state index contributed by atoms with van der Waals surface area (Å²) in [6.45, 7) is 5.78. The topological polar surface area (TPSA) is 84.5 Å². The first-order valence-corrected chi connectivity index (χ1v) is 8.99. The molecule has 1 saturated heterocycles. The summed E-state index contributed by atoms with van der Waals surface area (Å²) in [7, 11) is 0. The van der Waals surface area contributed by atoms with E-state index < -0.39 is 17.6 Å². The van der Waals surface area contributed by atoms with Gasteiger partial charge in [0.1, 0.15) is 0 Å². The van der Waals surface area contributed by atoms with Crippen molar-refractivity contribution in [1.82, 2.24) is 10.6 Å². The fourth-order valence-electron chi connectivity index (χ4n) is 2.40. The number of Topliss-reactive ketones (excluding diaryl/α,β-unsaturated/α-hetero) is 1. The minimum atomic E-state index is -0.658. The van der Waals surface area contributed by atoms with Crippen LogP contribution in [0.2, 0.25) is 0 Å². The Kier molecular flexibility index (Phi) is 6.35. The largest absolute Gasteiger partial charge is 0.445 e. The Morgan fingerprint density at radius 2 is 1.88 bits per heavy atom. The number of carbonyl (C=O) groups is 3. The molecule has 2 unspecified atom stereocenters. The molecule has 6 nitrogen and oxygen atoms in total. The molecule has 1 aromatic rings. The summed E-state index contributed by atoms with van der Waals surface area (Å²) in [5, 5.41) is 5.67. The molecule has 2 rings (SSSR count). The van der Waals surface area contributed by atoms with Gasteiger partial charge in [0.15, 0.2) is 12.0 Å². The van der Waals surface area contributed by atoms with Crippen LogP contribution in [0, 0.1) is 11.3 Å². The van der Waals surface area contributed by atoms with Gasteiger partial charge in [0, 0.05) is 10.0 Å². The van der Waals surface area contributed by atoms with Crippen LogP contribution in [0.4, 0.5) is 0 Å². The van der Waals surface area contributed by atoms with Crippen molar-refractivity contribution in [2.24, 2.45) is 11.3 Å². The van der Waals surface area contributed by atoms with E-state index in [1.165, 1.54) is 0 Å². The number of hydrogen-bond donors (Lipinski definition) is 2. The number of ether oxygens (including phenoxy) is 1. The van der Waals surface area contributed by atoms with Crippen molar-refractivity contribution in [3.63, 3.8) is 0 Å². The van der Waals surface area contributed by atoms with Crippen LogP contribution < -0.4 is 10.6 Å². The standard InChI is InChI=1S/C18H23BrN2O4/c1-18(2,3)17(24)25-16-13(8-9-20-16)15(23)21-10-14(22)11-4-6-12(19)7-5-11/h4-7,13,16,20H,8-10H2,1-3H3,(H,21,23). The summed E-state index contributed by atoms with van der Waals surface area (Å²) in [5.41, 5.74) is -0.105. The third kappa shape index (κ3) is 5.37. The summed E-state index contributed by atoms with van der Waals surface area (Å²) in [6, 6.07) is 6.95. The number of ketones is 1. The Morgan fingerprint density at radius 1 is 1.24 bits per heavy atom. The first-order chi connectivity index (χ1) is 11.7. The molecule has 1 heterocycles. The van der Waals surface area contributed by atoms with Crippen molar-refractivity contribution < 1.29 is 19.1 Å². The van der Waals surface area contributed by atoms with Gasteiger partial charge in [-0.1, -0.05) is 28.1 Å². The molecule has 2 N–H and O–H groups in total. The minimum Gasteiger partial charge on any atom is -0.445 e. The molecule has 1 aliphatic rings. The number of benzene rings is 1. The molecule has 0 bridgehead atoms. The van der Waals surface area contributed by atoms with Crippen LogP contribution in [-0.2, 0) is 14.3 Å². The van der Waals surface area contributed by atoms with Gasteiger partial charge in [0.05, 0.1) is 17.9 Å². The van der Waals surface area contributed by atoms with Gasteiger partial charge < -0.3 is 10.1 Å². The van der Waals surface area contributed by atoms with Gasteiger partial charge in [-0.05, 0) is 45.9 Å². The third-order valence-corrected chi connectivity index (χ3v) is 4.47. The molecule has 7 heteroatoms. The lowest BCUT2D eigenvalue weighted by Crippen LogP contribution is -2.43. The highest BCUT2D eigenvalue weighted by Gasteiger charge is 2.37. The molecule has 0 saturated carbocycles. The summed E-state index contributed by atoms with van der Waals surface area (Å²) < 4.78 is 6.30. The van der Waals surface area contributed by atoms with Crippen LogP contribution in [-0.4, -0.2) is 37.0 Å². The minimum absolute atomic E-state index is 0.0864. The normalized spacial score (nSPS) is 20.2. The van der Waals surface area contributed by atoms with E-state index in [1.54, 1.807) is 45.0 Å². The SMILES string of the molecule is CC(C)(C)C(=O)OC1NCCC1C(=O)NCC(=O)c1ccc(Br)cc1. The van der Waals surface area contributed by atoms with E-state index in [-0.39, 0.29) is 24.2 Å². The van der Waals surface area contributed by atoms with Crippen molar-refractivity contribution in [1.29, 1.82) is 0 Å². The zero-order valence-corrected chi connectivity index (χ0v) is 16.2. The molecule has 0 aromatic heterocycles. The van der Waals surface area contributed by atoms with E-state index in [9.17, 15) is 14.4 Å². The number of esters is 1. The molecule has 0 spiro atoms. The van der Waals surface area contributed by atoms with Crippen LogP contribution in [0.5, 0.6) is 0 Å². The van der Waals surface area contributed by atoms with Crippen molar-refractivity contribution >= 4 is 33.6 Å². The van der Waals surface area contributed by atoms with Crippen molar-refractivity contribution in [3.8, 4) is 0 Å². The molecular weight excluding hydrogens is 388 g/mol. The number of amides is 1. The average molecular weight is 411 g/mol. The summed E-state index contributed by atoms with van der Waals surface area (Å²) >= 11 is 3.31. The maximum atomic E-state index is 12.4. The van der Waals surface area contributed by atoms with Gasteiger partial charge in [-0.25, -0.2) is 0 Å². The molecule has 1 aliphatic heterocycles. The molecule has 1 fully saturated rings. The quantitative estimate of drug-likeness (QED) is 0.574. The first-order valence-electron chi connectivity index (χ1n) is 8.19. The Morgan fingerprint density at radius 3 is 2.48 bits per heavy atom. The predicted molar refractivity (Wildman–Crippen MR) is 96.9 cm³/mol. The lowest BCUT2D eigenvalue weighted by atomic mass is 9.97. The lowest BCUT2D eigenvalue weighted by Gasteiger charge is -2.24. The van der Waals surface area contributed by atoms with Gasteiger partial charge in [-0.15, -0.1) is 0 Å². The third-order valence-electron chi connectivity index (χ3n) is 3.94. The predicted octanol–water partition coefficient (Wildman–Crippen LogP) is 2.27. The van der Waals surface area contributed by atoms with Gasteiger partial charge >= 0.3 is 5.97 Å². The highest BCUT2D eigenvalue weighted by Crippen LogP contribution is 2.22. The van der Waals surface area contributed by atoms with E-state index in [4.69, 9.17) is 4.74 Å². The van der Waals surface area contributed by atoms with Crippen LogP contribution >= 0.6 is 15.9 Å². The molecular formula is C18H23BrN2O4. The van der Waals surface area contributed by atoms with Gasteiger partial charge in [0.2, 0.25) is 5.91 Å². The van der Waals surface area contributed by atoms with E-state index in [1.807, 2.05) is 0 Å². The summed E-state index contributed by atoms with van der Waals surface area (Å²) in [4.78, 5) is 36.5. The van der Waals surface area contributed by atoms with Gasteiger partial charge in [-0.2, -0.15) is 0 Å². The average Bonchev–Trinajstić information content (AvgIpc) is 3.00. The number of carbonyl (C=O) groups excluding carboxylic acids is 3. The summed E-state index contributed by atoms with van der Waals surface area (Å²) in [6.07, 6.45) is -0.102. The molecule has 25 heavy (non-hydrogen) atoms. The van der Waals surface area contributed by atoms with Crippen LogP contribution in [0.15, 0.2) is 28.7 Å². The Labute approximate surface area is 155 Å². The zero-order chi connectivity index (χ0) is 18.6. The Bertz CT molecular complexity index is 652. The number of rotatable bonds is 5. The van der Waals surface area contributed by atoms with Crippen molar-refractivity contribution in [2.75, 3.05) is 13.1 Å². The van der Waals surface area contributed by atoms with Crippen LogP contribution in [0.1, 0.15) is 37.6 Å². The monoisotopic (exact) mass is 410 g/mol. The fraction of sp³-hybridized carbons (Fsp3) is 0.500. The molecule has 1 aromatic carbocycles. The van der Waals surface area contributed by atoms with Crippen molar-refractivity contribution in [3.05, 3.63) is 34.3 Å². The molecule has 2 atom stereocenters. The van der Waals surface area contributed by atoms with Gasteiger partial charge in [0.25, 0.3) is 0 Å². The second-order valence-electron chi connectivity index (χ2n) is 7.07. The highest BCUT2D eigenvalue weighted by atomic mass is 79.9. The molecule has 0 radical (unpaired) electrons. The van der Waals surface area contributed by atoms with E-state index in [0.29, 0.717) is 18.5 Å². The number of halogens is 1. The molecule has 0 aliphatic carbocycles. The first kappa shape index (κ1) is 19.6. The number of nitrogens with one attached hydrogen (secondary N) is 2. The maximum Gasteiger partial charge on any atom is 0.312 e. The van der Waals surface area contributed by atoms with E-state index in [0.717, 1.165) is 4.47 Å². The van der Waals surface area contributed by atoms with E-state index in [2.05, 4.69) is 26.6 Å². The molecule has 136 valence electrons. The fourth-order valence-corrected chi connectivity index (χ4v) is 2.66. The molecule has 1 amide bonds. The smallest absolute Gasteiger partial charge is 0.312 e. The maximum absolute atomic E-state index is 12.4. The lowest BCUT2D eigenvalue weighted by molar-refractivity contribution is -0.162. The van der Waals surface area contributed by atoms with E-state index >= 15 is 0 Å². The second-order valence-corrected chi connectivity index (χ2v) is 7.99. The Balaban J connectivity index is 1.90. The second kappa shape index (κ2) is 8.10. The highest BCUT2D eigenvalue weighted by molar-refractivity contribution is 9.10. The van der Waals surface area contributed by atoms with Crippen molar-refractivity contribution in [2.45, 2.75) is 33.4 Å².